The van der Waals surface area contributed by atoms with Crippen LogP contribution in [0.2, 0.25) is 0 Å². The average Bonchev–Trinajstić information content (AvgIpc) is 3.36. The number of hydrogen-bond donors (Lipinski definition) is 3. The first kappa shape index (κ1) is 25.5. The van der Waals surface area contributed by atoms with E-state index >= 15 is 0 Å². The Bertz CT molecular complexity index is 1150. The Balaban J connectivity index is 1.99. The SMILES string of the molecule is COc1ccc(C2=C(c3cc(OC)c(OC)c(OC)c3)N=NC2)cc1NC(=O)C([NH3+])CCC(N)=O. The van der Waals surface area contributed by atoms with Crippen molar-refractivity contribution in [3.63, 3.8) is 0 Å². The Morgan fingerprint density at radius 3 is 2.23 bits per heavy atom. The molecule has 0 aliphatic carbocycles. The highest BCUT2D eigenvalue weighted by Crippen LogP contribution is 2.43. The Labute approximate surface area is 203 Å². The largest absolute Gasteiger partial charge is 0.495 e. The first-order valence-electron chi connectivity index (χ1n) is 10.8. The summed E-state index contributed by atoms with van der Waals surface area (Å²) in [6.07, 6.45) is 0.324. The number of azo groups is 1. The molecule has 2 aromatic rings. The number of nitrogens with zero attached hydrogens (tertiary/aromatic N) is 2. The number of nitrogens with two attached hydrogens (primary N) is 1. The van der Waals surface area contributed by atoms with E-state index in [4.69, 9.17) is 24.7 Å². The number of nitrogens with one attached hydrogen (secondary N) is 1. The standard InChI is InChI=1S/C24H29N5O6/c1-32-18-7-5-13(9-17(18)28-24(31)16(25)6-8-21(26)30)15-12-27-29-22(15)14-10-19(33-2)23(35-4)20(11-14)34-3/h5,7,9-11,16H,6,8,12,25H2,1-4H3,(H2,26,30)(H,28,31)/p+1. The van der Waals surface area contributed by atoms with Crippen LogP contribution < -0.4 is 35.7 Å². The maximum absolute atomic E-state index is 12.6. The van der Waals surface area contributed by atoms with E-state index in [1.54, 1.807) is 38.5 Å². The molecule has 11 heteroatoms. The Kier molecular flexibility index (Phi) is 8.26. The summed E-state index contributed by atoms with van der Waals surface area (Å²) in [7, 11) is 6.15. The van der Waals surface area contributed by atoms with Crippen molar-refractivity contribution in [1.82, 2.24) is 0 Å². The third-order valence-electron chi connectivity index (χ3n) is 5.54. The molecule has 1 heterocycles. The van der Waals surface area contributed by atoms with Gasteiger partial charge in [-0.3, -0.25) is 9.59 Å². The number of anilines is 1. The van der Waals surface area contributed by atoms with Crippen molar-refractivity contribution in [1.29, 1.82) is 0 Å². The van der Waals surface area contributed by atoms with Crippen molar-refractivity contribution < 1.29 is 34.3 Å². The molecule has 0 saturated heterocycles. The third-order valence-corrected chi connectivity index (χ3v) is 5.54. The molecule has 6 N–H and O–H groups in total. The molecule has 0 fully saturated rings. The summed E-state index contributed by atoms with van der Waals surface area (Å²) in [4.78, 5) is 23.7. The van der Waals surface area contributed by atoms with Gasteiger partial charge in [-0.05, 0) is 29.8 Å². The molecule has 186 valence electrons. The number of methoxy groups -OCH3 is 4. The van der Waals surface area contributed by atoms with Crippen LogP contribution in [-0.2, 0) is 9.59 Å². The predicted octanol–water partition coefficient (Wildman–Crippen LogP) is 1.87. The van der Waals surface area contributed by atoms with Gasteiger partial charge in [0.25, 0.3) is 5.91 Å². The molecule has 1 unspecified atom stereocenters. The van der Waals surface area contributed by atoms with Crippen LogP contribution in [0.15, 0.2) is 40.6 Å². The molecule has 0 bridgehead atoms. The maximum Gasteiger partial charge on any atom is 0.282 e. The van der Waals surface area contributed by atoms with Gasteiger partial charge < -0.3 is 35.7 Å². The number of rotatable bonds is 11. The van der Waals surface area contributed by atoms with E-state index in [0.717, 1.165) is 16.7 Å². The number of hydrogen-bond acceptors (Lipinski definition) is 8. The topological polar surface area (TPSA) is 161 Å². The fraction of sp³-hybridized carbons (Fsp3) is 0.333. The fourth-order valence-corrected chi connectivity index (χ4v) is 3.67. The Morgan fingerprint density at radius 1 is 1.00 bits per heavy atom. The number of primary amides is 1. The van der Waals surface area contributed by atoms with Gasteiger partial charge in [-0.25, -0.2) is 0 Å². The predicted molar refractivity (Wildman–Crippen MR) is 129 cm³/mol. The number of ether oxygens (including phenoxy) is 4. The lowest BCUT2D eigenvalue weighted by molar-refractivity contribution is -0.403. The van der Waals surface area contributed by atoms with E-state index in [2.05, 4.69) is 21.3 Å². The van der Waals surface area contributed by atoms with E-state index in [1.807, 2.05) is 6.07 Å². The molecule has 0 aromatic heterocycles. The van der Waals surface area contributed by atoms with Crippen molar-refractivity contribution in [2.75, 3.05) is 40.3 Å². The van der Waals surface area contributed by atoms with Crippen LogP contribution in [0.4, 0.5) is 5.69 Å². The highest BCUT2D eigenvalue weighted by atomic mass is 16.5. The maximum atomic E-state index is 12.6. The van der Waals surface area contributed by atoms with Crippen molar-refractivity contribution in [3.8, 4) is 23.0 Å². The number of carbonyl (C=O) groups excluding carboxylic acids is 2. The highest BCUT2D eigenvalue weighted by molar-refractivity contribution is 5.98. The minimum atomic E-state index is -0.652. The molecular weight excluding hydrogens is 454 g/mol. The molecule has 0 radical (unpaired) electrons. The quantitative estimate of drug-likeness (QED) is 0.441. The van der Waals surface area contributed by atoms with Crippen molar-refractivity contribution >= 4 is 28.8 Å². The first-order chi connectivity index (χ1) is 16.8. The first-order valence-corrected chi connectivity index (χ1v) is 10.8. The lowest BCUT2D eigenvalue weighted by Gasteiger charge is -2.16. The molecule has 35 heavy (non-hydrogen) atoms. The molecule has 1 atom stereocenters. The monoisotopic (exact) mass is 484 g/mol. The van der Waals surface area contributed by atoms with E-state index in [1.165, 1.54) is 14.2 Å². The van der Waals surface area contributed by atoms with Crippen molar-refractivity contribution in [3.05, 3.63) is 41.5 Å². The van der Waals surface area contributed by atoms with Crippen molar-refractivity contribution in [2.45, 2.75) is 18.9 Å². The summed E-state index contributed by atoms with van der Waals surface area (Å²) in [6.45, 7) is 0.349. The molecule has 3 rings (SSSR count). The third kappa shape index (κ3) is 5.69. The lowest BCUT2D eigenvalue weighted by atomic mass is 9.99. The number of quaternary nitrogens is 1. The molecular formula is C24H30N5O6+. The summed E-state index contributed by atoms with van der Waals surface area (Å²) in [5, 5.41) is 11.4. The summed E-state index contributed by atoms with van der Waals surface area (Å²) in [6, 6.07) is 8.37. The Hall–Kier alpha value is -4.12. The number of benzene rings is 2. The molecule has 2 aromatic carbocycles. The minimum absolute atomic E-state index is 0.0762. The second kappa shape index (κ2) is 11.3. The van der Waals surface area contributed by atoms with Gasteiger partial charge in [0, 0.05) is 24.0 Å². The van der Waals surface area contributed by atoms with Gasteiger partial charge in [0.2, 0.25) is 11.7 Å². The van der Waals surface area contributed by atoms with E-state index in [9.17, 15) is 9.59 Å². The molecule has 0 saturated carbocycles. The van der Waals surface area contributed by atoms with Gasteiger partial charge >= 0.3 is 0 Å². The van der Waals surface area contributed by atoms with Crippen LogP contribution in [0.1, 0.15) is 24.0 Å². The van der Waals surface area contributed by atoms with Crippen molar-refractivity contribution in [2.24, 2.45) is 16.0 Å². The number of amides is 2. The number of carbonyl (C=O) groups is 2. The molecule has 11 nitrogen and oxygen atoms in total. The van der Waals surface area contributed by atoms with Gasteiger partial charge in [0.15, 0.2) is 17.5 Å². The van der Waals surface area contributed by atoms with E-state index in [-0.39, 0.29) is 18.7 Å². The average molecular weight is 485 g/mol. The van der Waals surface area contributed by atoms with Crippen LogP contribution in [0.25, 0.3) is 11.3 Å². The van der Waals surface area contributed by atoms with Crippen LogP contribution in [0.3, 0.4) is 0 Å². The van der Waals surface area contributed by atoms with Crippen LogP contribution >= 0.6 is 0 Å². The second-order valence-corrected chi connectivity index (χ2v) is 7.75. The van der Waals surface area contributed by atoms with Gasteiger partial charge in [-0.15, -0.1) is 0 Å². The smallest absolute Gasteiger partial charge is 0.282 e. The molecule has 2 amide bonds. The second-order valence-electron chi connectivity index (χ2n) is 7.75. The van der Waals surface area contributed by atoms with E-state index in [0.29, 0.717) is 40.9 Å². The van der Waals surface area contributed by atoms with Crippen LogP contribution in [0.5, 0.6) is 23.0 Å². The minimum Gasteiger partial charge on any atom is -0.495 e. The fourth-order valence-electron chi connectivity index (χ4n) is 3.67. The zero-order chi connectivity index (χ0) is 25.5. The van der Waals surface area contributed by atoms with Crippen LogP contribution in [-0.4, -0.2) is 52.8 Å². The summed E-state index contributed by atoms with van der Waals surface area (Å²) in [5.74, 6) is 1.12. The highest BCUT2D eigenvalue weighted by Gasteiger charge is 2.23. The molecule has 1 aliphatic rings. The molecule has 1 aliphatic heterocycles. The van der Waals surface area contributed by atoms with Crippen LogP contribution in [0, 0.1) is 0 Å². The summed E-state index contributed by atoms with van der Waals surface area (Å²) in [5.41, 5.74) is 12.5. The normalized spacial score (nSPS) is 13.4. The zero-order valence-corrected chi connectivity index (χ0v) is 20.2. The van der Waals surface area contributed by atoms with Gasteiger partial charge in [0.1, 0.15) is 5.75 Å². The van der Waals surface area contributed by atoms with Gasteiger partial charge in [0.05, 0.1) is 46.4 Å². The summed E-state index contributed by atoms with van der Waals surface area (Å²) >= 11 is 0. The summed E-state index contributed by atoms with van der Waals surface area (Å²) < 4.78 is 21.8. The lowest BCUT2D eigenvalue weighted by Crippen LogP contribution is -2.66. The van der Waals surface area contributed by atoms with Gasteiger partial charge in [-0.2, -0.15) is 10.2 Å². The van der Waals surface area contributed by atoms with Gasteiger partial charge in [-0.1, -0.05) is 6.07 Å². The van der Waals surface area contributed by atoms with E-state index < -0.39 is 11.9 Å². The Morgan fingerprint density at radius 2 is 1.66 bits per heavy atom. The molecule has 0 spiro atoms. The zero-order valence-electron chi connectivity index (χ0n) is 20.2.